The number of rotatable bonds is 7. The van der Waals surface area contributed by atoms with Gasteiger partial charge in [-0.05, 0) is 37.1 Å². The zero-order valence-electron chi connectivity index (χ0n) is 17.9. The van der Waals surface area contributed by atoms with Gasteiger partial charge in [-0.25, -0.2) is 4.79 Å². The van der Waals surface area contributed by atoms with Gasteiger partial charge in [0.15, 0.2) is 0 Å². The van der Waals surface area contributed by atoms with Crippen LogP contribution in [-0.4, -0.2) is 60.8 Å². The lowest BCUT2D eigenvalue weighted by molar-refractivity contribution is 0.0943. The molecule has 0 radical (unpaired) electrons. The fourth-order valence-electron chi connectivity index (χ4n) is 4.21. The van der Waals surface area contributed by atoms with Gasteiger partial charge in [-0.15, -0.1) is 0 Å². The van der Waals surface area contributed by atoms with Gasteiger partial charge in [0, 0.05) is 43.9 Å². The van der Waals surface area contributed by atoms with Crippen LogP contribution in [0.5, 0.6) is 11.5 Å². The first-order chi connectivity index (χ1) is 15.1. The molecule has 2 aromatic carbocycles. The first kappa shape index (κ1) is 21.0. The van der Waals surface area contributed by atoms with Crippen LogP contribution < -0.4 is 20.5 Å². The van der Waals surface area contributed by atoms with Crippen molar-refractivity contribution in [3.8, 4) is 11.5 Å². The number of nitrogens with one attached hydrogen (secondary N) is 2. The van der Waals surface area contributed by atoms with Gasteiger partial charge in [0.25, 0.3) is 5.91 Å². The van der Waals surface area contributed by atoms with Gasteiger partial charge in [-0.3, -0.25) is 9.36 Å². The van der Waals surface area contributed by atoms with Crippen molar-refractivity contribution in [2.75, 3.05) is 40.4 Å². The summed E-state index contributed by atoms with van der Waals surface area (Å²) in [4.78, 5) is 30.2. The minimum absolute atomic E-state index is 0.0411. The van der Waals surface area contributed by atoms with Gasteiger partial charge in [0.05, 0.1) is 25.3 Å². The minimum Gasteiger partial charge on any atom is -0.497 e. The Balaban J connectivity index is 1.29. The summed E-state index contributed by atoms with van der Waals surface area (Å²) in [5, 5.41) is 2.97. The van der Waals surface area contributed by atoms with Gasteiger partial charge in [-0.2, -0.15) is 0 Å². The highest BCUT2D eigenvalue weighted by Gasteiger charge is 2.23. The molecule has 0 saturated carbocycles. The number of aromatic nitrogens is 2. The maximum absolute atomic E-state index is 12.5. The van der Waals surface area contributed by atoms with E-state index in [2.05, 4.69) is 15.2 Å². The molecule has 3 aromatic rings. The molecule has 164 valence electrons. The minimum atomic E-state index is -0.155. The molecule has 0 aliphatic carbocycles. The number of hydrogen-bond donors (Lipinski definition) is 2. The third-order valence-electron chi connectivity index (χ3n) is 5.87. The van der Waals surface area contributed by atoms with Crippen molar-refractivity contribution in [3.05, 3.63) is 58.5 Å². The molecule has 1 saturated heterocycles. The maximum Gasteiger partial charge on any atom is 0.326 e. The number of nitrogens with zero attached hydrogens (tertiary/aromatic N) is 2. The molecule has 1 amide bonds. The third kappa shape index (κ3) is 4.59. The van der Waals surface area contributed by atoms with E-state index in [1.807, 2.05) is 28.8 Å². The Bertz CT molecular complexity index is 1090. The first-order valence-electron chi connectivity index (χ1n) is 10.5. The maximum atomic E-state index is 12.5. The SMILES string of the molecule is COc1cc(OC)cc(C(=O)NCCN2CCC(n3c(=O)[nH]c4ccccc43)CC2)c1. The molecule has 1 fully saturated rings. The summed E-state index contributed by atoms with van der Waals surface area (Å²) in [6, 6.07) is 13.1. The largest absolute Gasteiger partial charge is 0.497 e. The van der Waals surface area contributed by atoms with Crippen molar-refractivity contribution in [1.82, 2.24) is 19.8 Å². The number of amides is 1. The second-order valence-corrected chi connectivity index (χ2v) is 7.75. The predicted molar refractivity (Wildman–Crippen MR) is 119 cm³/mol. The number of benzene rings is 2. The average Bonchev–Trinajstić information content (AvgIpc) is 3.14. The first-order valence-corrected chi connectivity index (χ1v) is 10.5. The molecule has 0 bridgehead atoms. The number of H-pyrrole nitrogens is 1. The van der Waals surface area contributed by atoms with E-state index in [0.717, 1.165) is 43.5 Å². The van der Waals surface area contributed by atoms with Crippen molar-refractivity contribution < 1.29 is 14.3 Å². The molecule has 0 unspecified atom stereocenters. The van der Waals surface area contributed by atoms with Gasteiger partial charge >= 0.3 is 5.69 Å². The highest BCUT2D eigenvalue weighted by molar-refractivity contribution is 5.95. The second-order valence-electron chi connectivity index (χ2n) is 7.75. The number of likely N-dealkylation sites (tertiary alicyclic amines) is 1. The zero-order valence-corrected chi connectivity index (χ0v) is 17.9. The predicted octanol–water partition coefficient (Wildman–Crippen LogP) is 2.41. The third-order valence-corrected chi connectivity index (χ3v) is 5.87. The molecule has 0 spiro atoms. The molecule has 4 rings (SSSR count). The molecule has 2 heterocycles. The van der Waals surface area contributed by atoms with E-state index in [4.69, 9.17) is 9.47 Å². The smallest absolute Gasteiger partial charge is 0.326 e. The van der Waals surface area contributed by atoms with Crippen LogP contribution in [0.15, 0.2) is 47.3 Å². The normalized spacial score (nSPS) is 15.2. The lowest BCUT2D eigenvalue weighted by atomic mass is 10.0. The van der Waals surface area contributed by atoms with Crippen LogP contribution in [-0.2, 0) is 0 Å². The monoisotopic (exact) mass is 424 g/mol. The number of hydrogen-bond acceptors (Lipinski definition) is 5. The van der Waals surface area contributed by atoms with Crippen LogP contribution in [0, 0.1) is 0 Å². The Morgan fingerprint density at radius 2 is 1.77 bits per heavy atom. The van der Waals surface area contributed by atoms with Gasteiger partial charge < -0.3 is 24.7 Å². The van der Waals surface area contributed by atoms with Crippen molar-refractivity contribution in [2.45, 2.75) is 18.9 Å². The highest BCUT2D eigenvalue weighted by atomic mass is 16.5. The van der Waals surface area contributed by atoms with E-state index in [0.29, 0.717) is 23.6 Å². The summed E-state index contributed by atoms with van der Waals surface area (Å²) in [5.41, 5.74) is 2.31. The second kappa shape index (κ2) is 9.26. The molecule has 1 aromatic heterocycles. The molecular formula is C23H28N4O4. The summed E-state index contributed by atoms with van der Waals surface area (Å²) in [5.74, 6) is 1.01. The molecule has 2 N–H and O–H groups in total. The van der Waals surface area contributed by atoms with E-state index in [-0.39, 0.29) is 17.6 Å². The van der Waals surface area contributed by atoms with Crippen molar-refractivity contribution in [1.29, 1.82) is 0 Å². The summed E-state index contributed by atoms with van der Waals surface area (Å²) in [6.45, 7) is 3.09. The molecular weight excluding hydrogens is 396 g/mol. The number of aromatic amines is 1. The average molecular weight is 425 g/mol. The van der Waals surface area contributed by atoms with Crippen LogP contribution in [0.1, 0.15) is 29.2 Å². The van der Waals surface area contributed by atoms with Crippen molar-refractivity contribution in [2.24, 2.45) is 0 Å². The van der Waals surface area contributed by atoms with Gasteiger partial charge in [-0.1, -0.05) is 12.1 Å². The standard InChI is InChI=1S/C23H28N4O4/c1-30-18-13-16(14-19(15-18)31-2)22(28)24-9-12-26-10-7-17(8-11-26)27-21-6-4-3-5-20(21)25-23(27)29/h3-6,13-15,17H,7-12H2,1-2H3,(H,24,28)(H,25,29). The van der Waals surface area contributed by atoms with E-state index < -0.39 is 0 Å². The van der Waals surface area contributed by atoms with E-state index in [1.54, 1.807) is 32.4 Å². The Kier molecular flexibility index (Phi) is 6.27. The van der Waals surface area contributed by atoms with Crippen molar-refractivity contribution in [3.63, 3.8) is 0 Å². The van der Waals surface area contributed by atoms with E-state index in [1.165, 1.54) is 0 Å². The summed E-state index contributed by atoms with van der Waals surface area (Å²) in [7, 11) is 3.12. The number of carbonyl (C=O) groups is 1. The summed E-state index contributed by atoms with van der Waals surface area (Å²) in [6.07, 6.45) is 1.81. The number of imidazole rings is 1. The topological polar surface area (TPSA) is 88.6 Å². The quantitative estimate of drug-likeness (QED) is 0.608. The lowest BCUT2D eigenvalue weighted by Gasteiger charge is -2.32. The number of methoxy groups -OCH3 is 2. The Morgan fingerprint density at radius 1 is 1.10 bits per heavy atom. The van der Waals surface area contributed by atoms with Crippen molar-refractivity contribution >= 4 is 16.9 Å². The Morgan fingerprint density at radius 3 is 2.45 bits per heavy atom. The molecule has 8 nitrogen and oxygen atoms in total. The fourth-order valence-corrected chi connectivity index (χ4v) is 4.21. The molecule has 31 heavy (non-hydrogen) atoms. The van der Waals surface area contributed by atoms with Crippen LogP contribution >= 0.6 is 0 Å². The van der Waals surface area contributed by atoms with Crippen LogP contribution in [0.4, 0.5) is 0 Å². The Labute approximate surface area is 180 Å². The molecule has 1 aliphatic rings. The summed E-state index contributed by atoms with van der Waals surface area (Å²) < 4.78 is 12.4. The molecule has 1 aliphatic heterocycles. The van der Waals surface area contributed by atoms with Crippen LogP contribution in [0.2, 0.25) is 0 Å². The Hall–Kier alpha value is -3.26. The highest BCUT2D eigenvalue weighted by Crippen LogP contribution is 2.25. The number of ether oxygens (including phenoxy) is 2. The zero-order chi connectivity index (χ0) is 21.8. The number of para-hydroxylation sites is 2. The summed E-state index contributed by atoms with van der Waals surface area (Å²) >= 11 is 0. The molecule has 8 heteroatoms. The number of fused-ring (bicyclic) bond motifs is 1. The van der Waals surface area contributed by atoms with E-state index >= 15 is 0 Å². The van der Waals surface area contributed by atoms with Crippen LogP contribution in [0.3, 0.4) is 0 Å². The lowest BCUT2D eigenvalue weighted by Crippen LogP contribution is -2.41. The fraction of sp³-hybridized carbons (Fsp3) is 0.391. The molecule has 0 atom stereocenters. The number of piperidine rings is 1. The van der Waals surface area contributed by atoms with Crippen LogP contribution in [0.25, 0.3) is 11.0 Å². The van der Waals surface area contributed by atoms with Gasteiger partial charge in [0.1, 0.15) is 11.5 Å². The number of carbonyl (C=O) groups excluding carboxylic acids is 1. The van der Waals surface area contributed by atoms with E-state index in [9.17, 15) is 9.59 Å². The van der Waals surface area contributed by atoms with Gasteiger partial charge in [0.2, 0.25) is 0 Å².